The summed E-state index contributed by atoms with van der Waals surface area (Å²) in [6.07, 6.45) is 1.57. The van der Waals surface area contributed by atoms with Crippen LogP contribution in [0.1, 0.15) is 35.7 Å². The van der Waals surface area contributed by atoms with Gasteiger partial charge in [0.1, 0.15) is 5.56 Å². The third kappa shape index (κ3) is 4.23. The molecule has 0 aromatic heterocycles. The Morgan fingerprint density at radius 1 is 1.13 bits per heavy atom. The average molecular weight is 311 g/mol. The molecule has 1 amide bonds. The molecule has 0 fully saturated rings. The van der Waals surface area contributed by atoms with Crippen molar-refractivity contribution in [2.75, 3.05) is 0 Å². The van der Waals surface area contributed by atoms with Crippen molar-refractivity contribution < 1.29 is 9.72 Å². The molecule has 0 spiro atoms. The van der Waals surface area contributed by atoms with E-state index in [4.69, 9.17) is 0 Å². The minimum absolute atomic E-state index is 0.00911. The third-order valence-corrected chi connectivity index (χ3v) is 3.23. The zero-order valence-corrected chi connectivity index (χ0v) is 12.7. The van der Waals surface area contributed by atoms with Crippen molar-refractivity contribution in [3.05, 3.63) is 75.8 Å². The predicted molar refractivity (Wildman–Crippen MR) is 88.4 cm³/mol. The number of nitro groups is 1. The lowest BCUT2D eigenvalue weighted by Gasteiger charge is -2.06. The Hall–Kier alpha value is -3.02. The van der Waals surface area contributed by atoms with Gasteiger partial charge in [-0.2, -0.15) is 5.10 Å². The second-order valence-corrected chi connectivity index (χ2v) is 4.89. The smallest absolute Gasteiger partial charge is 0.267 e. The van der Waals surface area contributed by atoms with Crippen LogP contribution >= 0.6 is 0 Å². The van der Waals surface area contributed by atoms with Crippen LogP contribution < -0.4 is 5.43 Å². The summed E-state index contributed by atoms with van der Waals surface area (Å²) in [6.45, 7) is 2.02. The fourth-order valence-corrected chi connectivity index (χ4v) is 2.14. The molecular formula is C17H17N3O3. The summed E-state index contributed by atoms with van der Waals surface area (Å²) in [7, 11) is 0. The van der Waals surface area contributed by atoms with Gasteiger partial charge in [0.15, 0.2) is 0 Å². The summed E-state index contributed by atoms with van der Waals surface area (Å²) in [5.74, 6) is -0.596. The molecule has 1 N–H and O–H groups in total. The molecule has 0 atom stereocenters. The summed E-state index contributed by atoms with van der Waals surface area (Å²) in [5.41, 5.74) is 3.82. The van der Waals surface area contributed by atoms with E-state index in [1.165, 1.54) is 18.2 Å². The Morgan fingerprint density at radius 2 is 1.78 bits per heavy atom. The van der Waals surface area contributed by atoms with E-state index in [0.29, 0.717) is 6.42 Å². The summed E-state index contributed by atoms with van der Waals surface area (Å²) in [5, 5.41) is 15.1. The van der Waals surface area contributed by atoms with E-state index in [0.717, 1.165) is 17.7 Å². The first-order valence-electron chi connectivity index (χ1n) is 7.29. The molecule has 0 aliphatic rings. The number of hydrogen-bond donors (Lipinski definition) is 1. The molecule has 0 radical (unpaired) electrons. The fourth-order valence-electron chi connectivity index (χ4n) is 2.14. The second kappa shape index (κ2) is 7.84. The molecule has 6 heteroatoms. The van der Waals surface area contributed by atoms with Crippen molar-refractivity contribution in [3.63, 3.8) is 0 Å². The Labute approximate surface area is 134 Å². The minimum Gasteiger partial charge on any atom is -0.267 e. The van der Waals surface area contributed by atoms with Gasteiger partial charge in [-0.05, 0) is 18.1 Å². The van der Waals surface area contributed by atoms with Gasteiger partial charge in [0.2, 0.25) is 0 Å². The van der Waals surface area contributed by atoms with Crippen molar-refractivity contribution in [3.8, 4) is 0 Å². The van der Waals surface area contributed by atoms with Gasteiger partial charge >= 0.3 is 0 Å². The number of nitrogens with one attached hydrogen (secondary N) is 1. The number of amides is 1. The molecule has 0 aliphatic carbocycles. The Bertz CT molecular complexity index is 727. The maximum atomic E-state index is 12.2. The average Bonchev–Trinajstić information content (AvgIpc) is 2.59. The minimum atomic E-state index is -0.596. The SMILES string of the molecule is CCCC(=NNC(=O)c1ccccc1[N+](=O)[O-])c1ccccc1. The zero-order chi connectivity index (χ0) is 16.7. The van der Waals surface area contributed by atoms with E-state index >= 15 is 0 Å². The summed E-state index contributed by atoms with van der Waals surface area (Å²) >= 11 is 0. The maximum Gasteiger partial charge on any atom is 0.282 e. The van der Waals surface area contributed by atoms with Crippen molar-refractivity contribution in [2.45, 2.75) is 19.8 Å². The molecule has 2 aromatic rings. The monoisotopic (exact) mass is 311 g/mol. The number of hydrazone groups is 1. The number of hydrogen-bond acceptors (Lipinski definition) is 4. The van der Waals surface area contributed by atoms with Crippen LogP contribution in [-0.2, 0) is 0 Å². The predicted octanol–water partition coefficient (Wildman–Crippen LogP) is 3.53. The molecule has 0 heterocycles. The molecule has 0 unspecified atom stereocenters. The van der Waals surface area contributed by atoms with Crippen molar-refractivity contribution >= 4 is 17.3 Å². The fraction of sp³-hybridized carbons (Fsp3) is 0.176. The standard InChI is InChI=1S/C17H17N3O3/c1-2-8-15(13-9-4-3-5-10-13)18-19-17(21)14-11-6-7-12-16(14)20(22)23/h3-7,9-12H,2,8H2,1H3,(H,19,21). The van der Waals surface area contributed by atoms with Gasteiger partial charge in [0.25, 0.3) is 11.6 Å². The van der Waals surface area contributed by atoms with Gasteiger partial charge in [-0.15, -0.1) is 0 Å². The van der Waals surface area contributed by atoms with Crippen LogP contribution in [0.3, 0.4) is 0 Å². The Morgan fingerprint density at radius 3 is 2.43 bits per heavy atom. The van der Waals surface area contributed by atoms with Crippen LogP contribution in [0.2, 0.25) is 0 Å². The summed E-state index contributed by atoms with van der Waals surface area (Å²) in [6, 6.07) is 15.3. The van der Waals surface area contributed by atoms with Gasteiger partial charge in [0.05, 0.1) is 10.6 Å². The zero-order valence-electron chi connectivity index (χ0n) is 12.7. The highest BCUT2D eigenvalue weighted by atomic mass is 16.6. The highest BCUT2D eigenvalue weighted by molar-refractivity contribution is 6.03. The second-order valence-electron chi connectivity index (χ2n) is 4.89. The summed E-state index contributed by atoms with van der Waals surface area (Å²) < 4.78 is 0. The topological polar surface area (TPSA) is 84.6 Å². The first-order valence-corrected chi connectivity index (χ1v) is 7.29. The first kappa shape index (κ1) is 16.4. The Kier molecular flexibility index (Phi) is 5.57. The lowest BCUT2D eigenvalue weighted by atomic mass is 10.1. The van der Waals surface area contributed by atoms with Gasteiger partial charge in [-0.25, -0.2) is 5.43 Å². The van der Waals surface area contributed by atoms with E-state index in [1.807, 2.05) is 37.3 Å². The number of benzene rings is 2. The van der Waals surface area contributed by atoms with Crippen LogP contribution in [0.5, 0.6) is 0 Å². The van der Waals surface area contributed by atoms with Crippen LogP contribution in [0.25, 0.3) is 0 Å². The molecule has 2 aromatic carbocycles. The molecule has 0 saturated heterocycles. The number of nitrogens with zero attached hydrogens (tertiary/aromatic N) is 2. The first-order chi connectivity index (χ1) is 11.1. The van der Waals surface area contributed by atoms with Crippen LogP contribution in [0.4, 0.5) is 5.69 Å². The van der Waals surface area contributed by atoms with Crippen molar-refractivity contribution in [1.82, 2.24) is 5.43 Å². The van der Waals surface area contributed by atoms with E-state index in [2.05, 4.69) is 10.5 Å². The number of carbonyl (C=O) groups excluding carboxylic acids is 1. The lowest BCUT2D eigenvalue weighted by Crippen LogP contribution is -2.21. The molecule has 118 valence electrons. The molecule has 0 saturated carbocycles. The molecule has 2 rings (SSSR count). The van der Waals surface area contributed by atoms with Gasteiger partial charge in [-0.1, -0.05) is 55.8 Å². The molecule has 0 aliphatic heterocycles. The van der Waals surface area contributed by atoms with Crippen LogP contribution in [0.15, 0.2) is 59.7 Å². The maximum absolute atomic E-state index is 12.2. The van der Waals surface area contributed by atoms with Gasteiger partial charge in [0, 0.05) is 6.07 Å². The van der Waals surface area contributed by atoms with E-state index < -0.39 is 10.8 Å². The van der Waals surface area contributed by atoms with Crippen LogP contribution in [-0.4, -0.2) is 16.5 Å². The molecular weight excluding hydrogens is 294 g/mol. The number of carbonyl (C=O) groups is 1. The van der Waals surface area contributed by atoms with Gasteiger partial charge < -0.3 is 0 Å². The molecule has 0 bridgehead atoms. The molecule has 6 nitrogen and oxygen atoms in total. The third-order valence-electron chi connectivity index (χ3n) is 3.23. The normalized spacial score (nSPS) is 11.1. The number of para-hydroxylation sites is 1. The highest BCUT2D eigenvalue weighted by Crippen LogP contribution is 2.17. The van der Waals surface area contributed by atoms with E-state index in [9.17, 15) is 14.9 Å². The van der Waals surface area contributed by atoms with Crippen LogP contribution in [0, 0.1) is 10.1 Å². The van der Waals surface area contributed by atoms with E-state index in [-0.39, 0.29) is 11.3 Å². The largest absolute Gasteiger partial charge is 0.282 e. The molecule has 23 heavy (non-hydrogen) atoms. The highest BCUT2D eigenvalue weighted by Gasteiger charge is 2.18. The quantitative estimate of drug-likeness (QED) is 0.503. The Balaban J connectivity index is 2.23. The summed E-state index contributed by atoms with van der Waals surface area (Å²) in [4.78, 5) is 22.6. The van der Waals surface area contributed by atoms with Crippen molar-refractivity contribution in [2.24, 2.45) is 5.10 Å². The van der Waals surface area contributed by atoms with Gasteiger partial charge in [-0.3, -0.25) is 14.9 Å². The number of nitro benzene ring substituents is 1. The van der Waals surface area contributed by atoms with Crippen molar-refractivity contribution in [1.29, 1.82) is 0 Å². The lowest BCUT2D eigenvalue weighted by molar-refractivity contribution is -0.385. The number of rotatable bonds is 6. The van der Waals surface area contributed by atoms with E-state index in [1.54, 1.807) is 6.07 Å².